The maximum atomic E-state index is 12.0. The fourth-order valence-corrected chi connectivity index (χ4v) is 3.73. The van der Waals surface area contributed by atoms with E-state index in [1.807, 2.05) is 6.92 Å². The summed E-state index contributed by atoms with van der Waals surface area (Å²) >= 11 is 7.26. The summed E-state index contributed by atoms with van der Waals surface area (Å²) < 4.78 is 26.6. The van der Waals surface area contributed by atoms with Crippen molar-refractivity contribution < 1.29 is 8.42 Å². The van der Waals surface area contributed by atoms with Crippen molar-refractivity contribution in [2.24, 2.45) is 0 Å². The number of halogens is 1. The van der Waals surface area contributed by atoms with Crippen molar-refractivity contribution in [2.45, 2.75) is 24.8 Å². The molecule has 0 unspecified atom stereocenters. The molecule has 5 nitrogen and oxygen atoms in total. The zero-order valence-electron chi connectivity index (χ0n) is 10.1. The smallest absolute Gasteiger partial charge is 0.244 e. The molecule has 0 amide bonds. The Kier molecular flexibility index (Phi) is 4.51. The Labute approximate surface area is 120 Å². The zero-order chi connectivity index (χ0) is 13.9. The van der Waals surface area contributed by atoms with E-state index in [0.29, 0.717) is 0 Å². The first kappa shape index (κ1) is 14.4. The van der Waals surface area contributed by atoms with E-state index in [1.165, 1.54) is 29.7 Å². The van der Waals surface area contributed by atoms with Crippen LogP contribution in [0.3, 0.4) is 0 Å². The second-order valence-corrected chi connectivity index (χ2v) is 6.98. The van der Waals surface area contributed by atoms with Crippen molar-refractivity contribution in [3.05, 3.63) is 39.6 Å². The van der Waals surface area contributed by atoms with E-state index in [4.69, 9.17) is 11.6 Å². The summed E-state index contributed by atoms with van der Waals surface area (Å²) in [5.74, 6) is 0. The summed E-state index contributed by atoms with van der Waals surface area (Å²) in [6, 6.07) is 2.94. The van der Waals surface area contributed by atoms with Crippen molar-refractivity contribution in [1.82, 2.24) is 14.7 Å². The molecule has 0 atom stereocenters. The van der Waals surface area contributed by atoms with E-state index >= 15 is 0 Å². The maximum Gasteiger partial charge on any atom is 0.244 e. The average molecular weight is 318 g/mol. The van der Waals surface area contributed by atoms with Crippen molar-refractivity contribution in [1.29, 1.82) is 0 Å². The van der Waals surface area contributed by atoms with Crippen LogP contribution in [0.1, 0.15) is 16.8 Å². The lowest BCUT2D eigenvalue weighted by atomic mass is 10.4. The molecule has 0 aliphatic heterocycles. The van der Waals surface area contributed by atoms with Crippen molar-refractivity contribution in [2.75, 3.05) is 0 Å². The molecule has 2 heterocycles. The van der Waals surface area contributed by atoms with Crippen LogP contribution in [0.15, 0.2) is 29.4 Å². The Hall–Kier alpha value is -1.02. The van der Waals surface area contributed by atoms with Gasteiger partial charge in [0.1, 0.15) is 15.1 Å². The van der Waals surface area contributed by atoms with Gasteiger partial charge in [0, 0.05) is 17.3 Å². The standard InChI is InChI=1S/C11H12ClN3O2S2/c1-2-8-6-14-10(18-8)7-15-19(16,17)9-4-3-5-13-11(9)12/h3-6,15H,2,7H2,1H3. The van der Waals surface area contributed by atoms with Crippen molar-refractivity contribution in [3.63, 3.8) is 0 Å². The van der Waals surface area contributed by atoms with Gasteiger partial charge in [-0.15, -0.1) is 11.3 Å². The first-order chi connectivity index (χ1) is 9.03. The minimum absolute atomic E-state index is 0.0241. The first-order valence-corrected chi connectivity index (χ1v) is 8.24. The number of thiazole rings is 1. The van der Waals surface area contributed by atoms with Gasteiger partial charge in [-0.2, -0.15) is 0 Å². The van der Waals surface area contributed by atoms with E-state index in [9.17, 15) is 8.42 Å². The fraction of sp³-hybridized carbons (Fsp3) is 0.273. The van der Waals surface area contributed by atoms with Gasteiger partial charge in [-0.3, -0.25) is 0 Å². The predicted octanol–water partition coefficient (Wildman–Crippen LogP) is 2.23. The number of hydrogen-bond acceptors (Lipinski definition) is 5. The quantitative estimate of drug-likeness (QED) is 0.858. The highest BCUT2D eigenvalue weighted by atomic mass is 35.5. The Morgan fingerprint density at radius 2 is 2.21 bits per heavy atom. The molecule has 2 aromatic rings. The molecule has 0 aromatic carbocycles. The van der Waals surface area contributed by atoms with E-state index in [1.54, 1.807) is 6.20 Å². The number of hydrogen-bond donors (Lipinski definition) is 1. The van der Waals surface area contributed by atoms with Crippen LogP contribution in [0, 0.1) is 0 Å². The van der Waals surface area contributed by atoms with Crippen LogP contribution in [0.4, 0.5) is 0 Å². The van der Waals surface area contributed by atoms with Gasteiger partial charge < -0.3 is 0 Å². The molecule has 8 heteroatoms. The molecule has 0 radical (unpaired) electrons. The molecule has 0 saturated heterocycles. The van der Waals surface area contributed by atoms with Gasteiger partial charge in [-0.05, 0) is 18.6 Å². The van der Waals surface area contributed by atoms with Crippen LogP contribution in [0.25, 0.3) is 0 Å². The molecule has 1 N–H and O–H groups in total. The van der Waals surface area contributed by atoms with E-state index in [0.717, 1.165) is 16.3 Å². The molecule has 0 aliphatic carbocycles. The molecule has 0 bridgehead atoms. The monoisotopic (exact) mass is 317 g/mol. The maximum absolute atomic E-state index is 12.0. The van der Waals surface area contributed by atoms with Crippen LogP contribution in [-0.2, 0) is 23.0 Å². The molecule has 19 heavy (non-hydrogen) atoms. The number of rotatable bonds is 5. The molecule has 0 aliphatic rings. The third kappa shape index (κ3) is 3.50. The van der Waals surface area contributed by atoms with Gasteiger partial charge in [0.2, 0.25) is 10.0 Å². The molecule has 0 spiro atoms. The van der Waals surface area contributed by atoms with E-state index < -0.39 is 10.0 Å². The highest BCUT2D eigenvalue weighted by molar-refractivity contribution is 7.89. The van der Waals surface area contributed by atoms with E-state index in [2.05, 4.69) is 14.7 Å². The lowest BCUT2D eigenvalue weighted by molar-refractivity contribution is 0.581. The van der Waals surface area contributed by atoms with Crippen LogP contribution in [0.5, 0.6) is 0 Å². The van der Waals surface area contributed by atoms with Gasteiger partial charge in [0.25, 0.3) is 0 Å². The van der Waals surface area contributed by atoms with Crippen LogP contribution in [-0.4, -0.2) is 18.4 Å². The predicted molar refractivity (Wildman–Crippen MR) is 74.8 cm³/mol. The van der Waals surface area contributed by atoms with Gasteiger partial charge in [0.15, 0.2) is 0 Å². The summed E-state index contributed by atoms with van der Waals surface area (Å²) in [6.45, 7) is 2.18. The van der Waals surface area contributed by atoms with Gasteiger partial charge in [0.05, 0.1) is 6.54 Å². The molecule has 0 fully saturated rings. The van der Waals surface area contributed by atoms with Crippen LogP contribution >= 0.6 is 22.9 Å². The Balaban J connectivity index is 2.12. The highest BCUT2D eigenvalue weighted by Gasteiger charge is 2.18. The summed E-state index contributed by atoms with van der Waals surface area (Å²) in [4.78, 5) is 9.00. The minimum Gasteiger partial charge on any atom is -0.248 e. The minimum atomic E-state index is -3.66. The number of aromatic nitrogens is 2. The third-order valence-electron chi connectivity index (χ3n) is 2.38. The SMILES string of the molecule is CCc1cnc(CNS(=O)(=O)c2cccnc2Cl)s1. The molecule has 2 rings (SSSR count). The number of pyridine rings is 1. The topological polar surface area (TPSA) is 72.0 Å². The Bertz CT molecular complexity index is 670. The van der Waals surface area contributed by atoms with Crippen LogP contribution < -0.4 is 4.72 Å². The zero-order valence-corrected chi connectivity index (χ0v) is 12.5. The number of sulfonamides is 1. The molecule has 2 aromatic heterocycles. The number of nitrogens with zero attached hydrogens (tertiary/aromatic N) is 2. The van der Waals surface area contributed by atoms with E-state index in [-0.39, 0.29) is 16.6 Å². The second kappa shape index (κ2) is 5.96. The molecular formula is C11H12ClN3O2S2. The summed E-state index contributed by atoms with van der Waals surface area (Å²) in [7, 11) is -3.66. The van der Waals surface area contributed by atoms with Crippen molar-refractivity contribution in [3.8, 4) is 0 Å². The molecular weight excluding hydrogens is 306 g/mol. The highest BCUT2D eigenvalue weighted by Crippen LogP contribution is 2.19. The van der Waals surface area contributed by atoms with Gasteiger partial charge in [-0.25, -0.2) is 23.1 Å². The Morgan fingerprint density at radius 3 is 2.84 bits per heavy atom. The third-order valence-corrected chi connectivity index (χ3v) is 5.37. The summed E-state index contributed by atoms with van der Waals surface area (Å²) in [5.41, 5.74) is 0. The van der Waals surface area contributed by atoms with Crippen LogP contribution in [0.2, 0.25) is 5.15 Å². The van der Waals surface area contributed by atoms with Crippen molar-refractivity contribution >= 4 is 33.0 Å². The number of aryl methyl sites for hydroxylation is 1. The first-order valence-electron chi connectivity index (χ1n) is 5.56. The Morgan fingerprint density at radius 1 is 1.42 bits per heavy atom. The lowest BCUT2D eigenvalue weighted by Crippen LogP contribution is -2.23. The fourth-order valence-electron chi connectivity index (χ4n) is 1.40. The normalized spacial score (nSPS) is 11.7. The largest absolute Gasteiger partial charge is 0.248 e. The van der Waals surface area contributed by atoms with Gasteiger partial charge in [-0.1, -0.05) is 18.5 Å². The number of nitrogens with one attached hydrogen (secondary N) is 1. The average Bonchev–Trinajstić information content (AvgIpc) is 2.85. The lowest BCUT2D eigenvalue weighted by Gasteiger charge is -2.05. The molecule has 102 valence electrons. The summed E-state index contributed by atoms with van der Waals surface area (Å²) in [6.07, 6.45) is 4.08. The molecule has 0 saturated carbocycles. The van der Waals surface area contributed by atoms with Gasteiger partial charge >= 0.3 is 0 Å². The summed E-state index contributed by atoms with van der Waals surface area (Å²) in [5, 5.41) is 0.684. The second-order valence-electron chi connectivity index (χ2n) is 3.69.